The second kappa shape index (κ2) is 24.1. The lowest BCUT2D eigenvalue weighted by Gasteiger charge is -2.20. The molecule has 0 radical (unpaired) electrons. The zero-order chi connectivity index (χ0) is 35.8. The zero-order valence-corrected chi connectivity index (χ0v) is 29.8. The molecule has 1 amide bonds. The molecule has 1 heterocycles. The van der Waals surface area contributed by atoms with Crippen LogP contribution in [0.15, 0.2) is 78.9 Å². The van der Waals surface area contributed by atoms with Crippen molar-refractivity contribution in [1.82, 2.24) is 10.2 Å². The fourth-order valence-corrected chi connectivity index (χ4v) is 4.75. The predicted octanol–water partition coefficient (Wildman–Crippen LogP) is 8.07. The minimum atomic E-state index is -0.266. The van der Waals surface area contributed by atoms with Gasteiger partial charge in [0.25, 0.3) is 0 Å². The van der Waals surface area contributed by atoms with Gasteiger partial charge in [0.2, 0.25) is 5.91 Å². The number of nitrogens with zero attached hydrogens (tertiary/aromatic N) is 1. The van der Waals surface area contributed by atoms with E-state index in [1.54, 1.807) is 31.0 Å². The van der Waals surface area contributed by atoms with Crippen LogP contribution in [0.2, 0.25) is 0 Å². The fraction of sp³-hybridized carbons (Fsp3) is 0.462. The molecule has 264 valence electrons. The molecule has 0 aliphatic carbocycles. The van der Waals surface area contributed by atoms with Crippen LogP contribution >= 0.6 is 0 Å². The maximum absolute atomic E-state index is 12.7. The summed E-state index contributed by atoms with van der Waals surface area (Å²) >= 11 is 0. The van der Waals surface area contributed by atoms with Gasteiger partial charge in [-0.25, -0.2) is 4.39 Å². The molecule has 1 aliphatic rings. The molecule has 3 aromatic carbocycles. The summed E-state index contributed by atoms with van der Waals surface area (Å²) < 4.78 is 23.6. The summed E-state index contributed by atoms with van der Waals surface area (Å²) in [7, 11) is 3.60. The Balaban J connectivity index is 0.000000333. The molecule has 2 N–H and O–H groups in total. The van der Waals surface area contributed by atoms with E-state index < -0.39 is 0 Å². The first-order valence-electron chi connectivity index (χ1n) is 16.6. The van der Waals surface area contributed by atoms with Crippen LogP contribution in [0.4, 0.5) is 10.1 Å². The zero-order valence-electron chi connectivity index (χ0n) is 29.8. The van der Waals surface area contributed by atoms with Crippen LogP contribution in [0.5, 0.6) is 11.5 Å². The van der Waals surface area contributed by atoms with Gasteiger partial charge in [0.15, 0.2) is 0 Å². The molecule has 48 heavy (non-hydrogen) atoms. The van der Waals surface area contributed by atoms with E-state index >= 15 is 0 Å². The van der Waals surface area contributed by atoms with E-state index in [1.165, 1.54) is 25.0 Å². The Kier molecular flexibility index (Phi) is 21.1. The monoisotopic (exact) mass is 665 g/mol. The molecule has 0 spiro atoms. The highest BCUT2D eigenvalue weighted by Gasteiger charge is 2.25. The molecule has 9 heteroatoms. The Labute approximate surface area is 287 Å². The van der Waals surface area contributed by atoms with Crippen molar-refractivity contribution in [2.45, 2.75) is 85.4 Å². The Morgan fingerprint density at radius 2 is 1.58 bits per heavy atom. The summed E-state index contributed by atoms with van der Waals surface area (Å²) in [5.41, 5.74) is 2.69. The van der Waals surface area contributed by atoms with E-state index in [9.17, 15) is 18.8 Å². The summed E-state index contributed by atoms with van der Waals surface area (Å²) in [6, 6.07) is 23.3. The van der Waals surface area contributed by atoms with Crippen molar-refractivity contribution in [3.05, 3.63) is 90.2 Å². The van der Waals surface area contributed by atoms with E-state index in [0.717, 1.165) is 49.0 Å². The number of amides is 1. The molecule has 3 aromatic rings. The number of carbonyl (C=O) groups excluding carboxylic acids is 3. The number of likely N-dealkylation sites (N-methyl/N-ethyl adjacent to an activating group) is 1. The van der Waals surface area contributed by atoms with E-state index in [4.69, 9.17) is 9.47 Å². The fourth-order valence-electron chi connectivity index (χ4n) is 4.75. The molecule has 8 nitrogen and oxygen atoms in total. The van der Waals surface area contributed by atoms with E-state index in [2.05, 4.69) is 38.3 Å². The summed E-state index contributed by atoms with van der Waals surface area (Å²) in [5.74, 6) is 1.18. The molecule has 1 fully saturated rings. The Morgan fingerprint density at radius 1 is 0.979 bits per heavy atom. The van der Waals surface area contributed by atoms with Crippen molar-refractivity contribution in [2.24, 2.45) is 5.41 Å². The smallest absolute Gasteiger partial charge is 0.219 e. The van der Waals surface area contributed by atoms with Gasteiger partial charge in [-0.2, -0.15) is 0 Å². The van der Waals surface area contributed by atoms with Gasteiger partial charge in [-0.1, -0.05) is 64.4 Å². The predicted molar refractivity (Wildman–Crippen MR) is 193 cm³/mol. The molecule has 1 saturated heterocycles. The maximum Gasteiger partial charge on any atom is 0.219 e. The molecule has 2 atom stereocenters. The van der Waals surface area contributed by atoms with E-state index in [1.807, 2.05) is 61.6 Å². The number of ether oxygens (including phenoxy) is 2. The second-order valence-corrected chi connectivity index (χ2v) is 12.6. The SMILES string of the molecule is CC(=O)N1CCC[C@H]1CC=O.CCCC(C)(C)C.CN[C@H](C=O)COCc1ccccc1.CNc1ccc(Oc2ccc(F)cc2)cc1. The third-order valence-electron chi connectivity index (χ3n) is 7.29. The van der Waals surface area contributed by atoms with Gasteiger partial charge in [0.1, 0.15) is 29.9 Å². The molecular weight excluding hydrogens is 609 g/mol. The summed E-state index contributed by atoms with van der Waals surface area (Å²) in [6.07, 6.45) is 6.92. The largest absolute Gasteiger partial charge is 0.457 e. The number of likely N-dealkylation sites (tertiary alicyclic amines) is 1. The Hall–Kier alpha value is -4.08. The van der Waals surface area contributed by atoms with Gasteiger partial charge >= 0.3 is 0 Å². The maximum atomic E-state index is 12.7. The molecule has 0 saturated carbocycles. The van der Waals surface area contributed by atoms with Crippen molar-refractivity contribution < 1.29 is 28.2 Å². The molecule has 0 bridgehead atoms. The molecule has 0 aromatic heterocycles. The number of carbonyl (C=O) groups is 3. The Bertz CT molecular complexity index is 1280. The number of halogens is 1. The van der Waals surface area contributed by atoms with Crippen LogP contribution in [0.1, 0.15) is 72.3 Å². The van der Waals surface area contributed by atoms with E-state index in [0.29, 0.717) is 30.8 Å². The number of hydrogen-bond donors (Lipinski definition) is 2. The van der Waals surface area contributed by atoms with Gasteiger partial charge in [-0.05, 0) is 85.8 Å². The first-order chi connectivity index (χ1) is 23.0. The average Bonchev–Trinajstić information content (AvgIpc) is 3.54. The standard InChI is InChI=1S/C13H12FNO.C11H15NO2.C8H13NO2.C7H16/c1-15-11-4-8-13(9-5-11)16-12-6-2-10(14)3-7-12;1-12-11(7-13)9-14-8-10-5-3-2-4-6-10;1-7(11)9-5-2-3-8(9)4-6-10;1-5-6-7(2,3)4/h2-9,15H,1H3;2-7,11-12H,8-9H2,1H3;6,8H,2-5H2,1H3;5-6H2,1-4H3/t;11-;8-;/m.10./s1. The van der Waals surface area contributed by atoms with Gasteiger partial charge < -0.3 is 34.6 Å². The van der Waals surface area contributed by atoms with Crippen molar-refractivity contribution >= 4 is 24.2 Å². The van der Waals surface area contributed by atoms with Crippen LogP contribution in [-0.4, -0.2) is 62.7 Å². The van der Waals surface area contributed by atoms with Crippen molar-refractivity contribution in [1.29, 1.82) is 0 Å². The molecular formula is C39H56FN3O5. The first-order valence-corrected chi connectivity index (χ1v) is 16.6. The second-order valence-electron chi connectivity index (χ2n) is 12.6. The lowest BCUT2D eigenvalue weighted by atomic mass is 9.91. The molecule has 1 aliphatic heterocycles. The van der Waals surface area contributed by atoms with Gasteiger partial charge in [-0.3, -0.25) is 4.79 Å². The highest BCUT2D eigenvalue weighted by Crippen LogP contribution is 2.23. The van der Waals surface area contributed by atoms with Crippen LogP contribution in [0.25, 0.3) is 0 Å². The Morgan fingerprint density at radius 3 is 2.04 bits per heavy atom. The number of nitrogens with one attached hydrogen (secondary N) is 2. The van der Waals surface area contributed by atoms with Crippen LogP contribution < -0.4 is 15.4 Å². The first kappa shape index (κ1) is 41.9. The van der Waals surface area contributed by atoms with Gasteiger partial charge in [-0.15, -0.1) is 0 Å². The third kappa shape index (κ3) is 18.9. The number of hydrogen-bond acceptors (Lipinski definition) is 7. The van der Waals surface area contributed by atoms with Crippen LogP contribution in [-0.2, 0) is 25.7 Å². The van der Waals surface area contributed by atoms with Crippen molar-refractivity contribution in [3.8, 4) is 11.5 Å². The van der Waals surface area contributed by atoms with Crippen LogP contribution in [0.3, 0.4) is 0 Å². The number of anilines is 1. The summed E-state index contributed by atoms with van der Waals surface area (Å²) in [6.45, 7) is 12.4. The number of benzene rings is 3. The normalized spacial score (nSPS) is 14.1. The van der Waals surface area contributed by atoms with Crippen molar-refractivity contribution in [2.75, 3.05) is 32.6 Å². The number of aldehydes is 2. The summed E-state index contributed by atoms with van der Waals surface area (Å²) in [5, 5.41) is 5.87. The third-order valence-corrected chi connectivity index (χ3v) is 7.29. The van der Waals surface area contributed by atoms with Gasteiger partial charge in [0, 0.05) is 38.7 Å². The lowest BCUT2D eigenvalue weighted by Crippen LogP contribution is -2.33. The van der Waals surface area contributed by atoms with Crippen molar-refractivity contribution in [3.63, 3.8) is 0 Å². The highest BCUT2D eigenvalue weighted by molar-refractivity contribution is 5.74. The van der Waals surface area contributed by atoms with Gasteiger partial charge in [0.05, 0.1) is 19.3 Å². The number of rotatable bonds is 12. The quantitative estimate of drug-likeness (QED) is 0.189. The van der Waals surface area contributed by atoms with E-state index in [-0.39, 0.29) is 23.8 Å². The van der Waals surface area contributed by atoms with Crippen LogP contribution in [0, 0.1) is 11.2 Å². The molecule has 4 rings (SSSR count). The minimum Gasteiger partial charge on any atom is -0.457 e. The highest BCUT2D eigenvalue weighted by atomic mass is 19.1. The lowest BCUT2D eigenvalue weighted by molar-refractivity contribution is -0.129. The molecule has 0 unspecified atom stereocenters. The summed E-state index contributed by atoms with van der Waals surface area (Å²) in [4.78, 5) is 33.4. The average molecular weight is 666 g/mol. The topological polar surface area (TPSA) is 97.0 Å². The minimum absolute atomic E-state index is 0.0920.